The van der Waals surface area contributed by atoms with Crippen molar-refractivity contribution in [1.29, 1.82) is 5.53 Å². The summed E-state index contributed by atoms with van der Waals surface area (Å²) in [6, 6.07) is 24.5. The third kappa shape index (κ3) is 3.03. The van der Waals surface area contributed by atoms with E-state index in [9.17, 15) is 0 Å². The molecule has 7 aromatic carbocycles. The van der Waals surface area contributed by atoms with Gasteiger partial charge in [0.05, 0.1) is 6.04 Å². The molecule has 3 N–H and O–H groups in total. The van der Waals surface area contributed by atoms with E-state index < -0.39 is 0 Å². The maximum absolute atomic E-state index is 7.79. The molecule has 0 aromatic heterocycles. The standard InChI is InChI=1S/C37H29N5/c1-19(40-38)23-15-16-28-32-25(23)13-8-14-27(32)36-34-26-12-7-6-11-24(26)29-17-22(37-39-20(2)41-42-37)18-30(33(29)34)31(35(28)36)21-9-4-3-5-10-21/h3-4,6-9,11-20,38,41H,5,10H2,1-2H3,(H,39,42). The molecule has 2 unspecified atom stereocenters. The van der Waals surface area contributed by atoms with Crippen LogP contribution in [0.1, 0.15) is 49.4 Å². The van der Waals surface area contributed by atoms with Crippen LogP contribution in [0.25, 0.3) is 70.2 Å². The highest BCUT2D eigenvalue weighted by molar-refractivity contribution is 6.47. The summed E-state index contributed by atoms with van der Waals surface area (Å²) < 4.78 is 0. The summed E-state index contributed by atoms with van der Waals surface area (Å²) in [5, 5.41) is 19.4. The number of rotatable bonds is 4. The Kier molecular flexibility index (Phi) is 4.86. The topological polar surface area (TPSA) is 72.6 Å². The van der Waals surface area contributed by atoms with Gasteiger partial charge in [0.1, 0.15) is 12.0 Å². The fourth-order valence-corrected chi connectivity index (χ4v) is 7.71. The third-order valence-electron chi connectivity index (χ3n) is 9.48. The lowest BCUT2D eigenvalue weighted by Crippen LogP contribution is -2.33. The molecule has 0 fully saturated rings. The Labute approximate surface area is 242 Å². The molecule has 42 heavy (non-hydrogen) atoms. The fourth-order valence-electron chi connectivity index (χ4n) is 7.71. The number of allylic oxidation sites excluding steroid dienone is 4. The number of amidine groups is 1. The van der Waals surface area contributed by atoms with Gasteiger partial charge >= 0.3 is 0 Å². The molecule has 202 valence electrons. The van der Waals surface area contributed by atoms with Gasteiger partial charge in [0.25, 0.3) is 0 Å². The summed E-state index contributed by atoms with van der Waals surface area (Å²) in [6.07, 6.45) is 8.88. The van der Waals surface area contributed by atoms with Crippen LogP contribution in [0.3, 0.4) is 0 Å². The second-order valence-corrected chi connectivity index (χ2v) is 11.8. The van der Waals surface area contributed by atoms with E-state index in [4.69, 9.17) is 10.5 Å². The minimum absolute atomic E-state index is 0.0250. The van der Waals surface area contributed by atoms with E-state index in [1.807, 2.05) is 6.92 Å². The molecule has 1 heterocycles. The van der Waals surface area contributed by atoms with Crippen LogP contribution in [0.2, 0.25) is 0 Å². The van der Waals surface area contributed by atoms with Gasteiger partial charge in [-0.1, -0.05) is 72.8 Å². The number of hydrogen-bond acceptors (Lipinski definition) is 5. The Morgan fingerprint density at radius 2 is 1.57 bits per heavy atom. The predicted octanol–water partition coefficient (Wildman–Crippen LogP) is 9.51. The molecule has 5 heteroatoms. The van der Waals surface area contributed by atoms with Gasteiger partial charge in [-0.15, -0.1) is 0 Å². The molecular weight excluding hydrogens is 514 g/mol. The maximum atomic E-state index is 7.79. The first-order valence-corrected chi connectivity index (χ1v) is 14.8. The summed E-state index contributed by atoms with van der Waals surface area (Å²) in [5.74, 6) is 0.888. The van der Waals surface area contributed by atoms with Crippen LogP contribution in [0, 0.1) is 5.53 Å². The van der Waals surface area contributed by atoms with Gasteiger partial charge in [-0.3, -0.25) is 0 Å². The molecule has 0 saturated heterocycles. The average Bonchev–Trinajstić information content (AvgIpc) is 3.71. The first-order chi connectivity index (χ1) is 20.6. The number of hydrogen-bond donors (Lipinski definition) is 3. The van der Waals surface area contributed by atoms with E-state index in [0.717, 1.165) is 29.8 Å². The van der Waals surface area contributed by atoms with E-state index in [0.29, 0.717) is 0 Å². The van der Waals surface area contributed by atoms with Gasteiger partial charge in [-0.05, 0) is 120 Å². The van der Waals surface area contributed by atoms with Crippen molar-refractivity contribution < 1.29 is 0 Å². The average molecular weight is 544 g/mol. The Hall–Kier alpha value is -4.87. The number of nitrogens with zero attached hydrogens (tertiary/aromatic N) is 2. The Morgan fingerprint density at radius 1 is 0.810 bits per heavy atom. The molecule has 1 aliphatic carbocycles. The lowest BCUT2D eigenvalue weighted by Gasteiger charge is -2.17. The van der Waals surface area contributed by atoms with Crippen LogP contribution in [0.4, 0.5) is 0 Å². The number of hydrazine groups is 1. The lowest BCUT2D eigenvalue weighted by molar-refractivity contribution is 0.589. The summed E-state index contributed by atoms with van der Waals surface area (Å²) in [4.78, 5) is 4.87. The molecule has 7 aromatic rings. The van der Waals surface area contributed by atoms with E-state index in [2.05, 4.69) is 108 Å². The Morgan fingerprint density at radius 3 is 2.36 bits per heavy atom. The van der Waals surface area contributed by atoms with Gasteiger partial charge in [0.2, 0.25) is 0 Å². The van der Waals surface area contributed by atoms with Crippen LogP contribution >= 0.6 is 0 Å². The Balaban J connectivity index is 1.59. The van der Waals surface area contributed by atoms with Crippen LogP contribution in [-0.2, 0) is 0 Å². The van der Waals surface area contributed by atoms with E-state index in [-0.39, 0.29) is 12.2 Å². The van der Waals surface area contributed by atoms with E-state index in [1.54, 1.807) is 0 Å². The van der Waals surface area contributed by atoms with Crippen molar-refractivity contribution in [3.63, 3.8) is 0 Å². The smallest absolute Gasteiger partial charge is 0.144 e. The van der Waals surface area contributed by atoms with Crippen LogP contribution in [0.5, 0.6) is 0 Å². The molecule has 2 atom stereocenters. The molecule has 0 radical (unpaired) electrons. The third-order valence-corrected chi connectivity index (χ3v) is 9.48. The summed E-state index contributed by atoms with van der Waals surface area (Å²) in [7, 11) is 0. The van der Waals surface area contributed by atoms with Crippen LogP contribution < -0.4 is 10.9 Å². The number of benzene rings is 5. The van der Waals surface area contributed by atoms with Crippen molar-refractivity contribution in [2.75, 3.05) is 0 Å². The molecule has 0 amide bonds. The Bertz CT molecular complexity index is 2360. The zero-order valence-electron chi connectivity index (χ0n) is 23.5. The van der Waals surface area contributed by atoms with Crippen molar-refractivity contribution in [1.82, 2.24) is 10.9 Å². The first-order valence-electron chi connectivity index (χ1n) is 14.8. The zero-order chi connectivity index (χ0) is 28.1. The minimum atomic E-state index is -0.191. The largest absolute Gasteiger partial charge is 0.304 e. The zero-order valence-corrected chi connectivity index (χ0v) is 23.5. The number of nitrogens with one attached hydrogen (secondary N) is 3. The predicted molar refractivity (Wildman–Crippen MR) is 176 cm³/mol. The van der Waals surface area contributed by atoms with Gasteiger partial charge in [0, 0.05) is 5.56 Å². The SMILES string of the molecule is CC1N=C(c2cc3c(C4=CC=CCC4)c4c5ccc(C(C)N=N)c6cccc(c65)c4c4c5ccccc5c(c2)c34)NN1. The quantitative estimate of drug-likeness (QED) is 0.193. The van der Waals surface area contributed by atoms with Crippen molar-refractivity contribution in [2.45, 2.75) is 38.9 Å². The number of fused-ring (bicyclic) bond motifs is 7. The van der Waals surface area contributed by atoms with Crippen molar-refractivity contribution in [3.05, 3.63) is 102 Å². The molecule has 0 spiro atoms. The lowest BCUT2D eigenvalue weighted by atomic mass is 9.86. The summed E-state index contributed by atoms with van der Waals surface area (Å²) in [6.45, 7) is 4.07. The van der Waals surface area contributed by atoms with E-state index in [1.165, 1.54) is 75.8 Å². The highest BCUT2D eigenvalue weighted by atomic mass is 15.5. The molecule has 2 aliphatic rings. The molecule has 0 bridgehead atoms. The summed E-state index contributed by atoms with van der Waals surface area (Å²) in [5.41, 5.74) is 19.3. The highest BCUT2D eigenvalue weighted by Gasteiger charge is 2.27. The van der Waals surface area contributed by atoms with Crippen molar-refractivity contribution >= 4 is 76.0 Å². The van der Waals surface area contributed by atoms with Gasteiger partial charge in [0.15, 0.2) is 0 Å². The van der Waals surface area contributed by atoms with Gasteiger partial charge in [-0.25, -0.2) is 15.9 Å². The normalized spacial score (nSPS) is 18.1. The monoisotopic (exact) mass is 543 g/mol. The van der Waals surface area contributed by atoms with Gasteiger partial charge < -0.3 is 5.43 Å². The van der Waals surface area contributed by atoms with Crippen molar-refractivity contribution in [3.8, 4) is 0 Å². The first kappa shape index (κ1) is 23.8. The number of aliphatic imine (C=N–C) groups is 1. The molecular formula is C37H29N5. The van der Waals surface area contributed by atoms with Crippen molar-refractivity contribution in [2.24, 2.45) is 10.1 Å². The fraction of sp³-hybridized carbons (Fsp3) is 0.162. The van der Waals surface area contributed by atoms with E-state index >= 15 is 0 Å². The molecule has 0 saturated carbocycles. The van der Waals surface area contributed by atoms with Crippen LogP contribution in [0.15, 0.2) is 95.1 Å². The maximum Gasteiger partial charge on any atom is 0.144 e. The highest BCUT2D eigenvalue weighted by Crippen LogP contribution is 2.53. The minimum Gasteiger partial charge on any atom is -0.304 e. The second-order valence-electron chi connectivity index (χ2n) is 11.8. The second kappa shape index (κ2) is 8.57. The summed E-state index contributed by atoms with van der Waals surface area (Å²) >= 11 is 0. The molecule has 9 rings (SSSR count). The van der Waals surface area contributed by atoms with Crippen LogP contribution in [-0.4, -0.2) is 12.0 Å². The molecule has 1 aliphatic heterocycles. The van der Waals surface area contributed by atoms with Gasteiger partial charge in [-0.2, -0.15) is 5.11 Å². The molecule has 5 nitrogen and oxygen atoms in total.